The molecule has 0 saturated heterocycles. The summed E-state index contributed by atoms with van der Waals surface area (Å²) in [6, 6.07) is 16.6. The van der Waals surface area contributed by atoms with Crippen LogP contribution in [-0.4, -0.2) is 21.7 Å². The van der Waals surface area contributed by atoms with E-state index in [0.29, 0.717) is 5.95 Å². The van der Waals surface area contributed by atoms with Gasteiger partial charge < -0.3 is 5.32 Å². The summed E-state index contributed by atoms with van der Waals surface area (Å²) < 4.78 is 0. The number of hydrogen-bond acceptors (Lipinski definition) is 4. The number of nitrogens with one attached hydrogen (secondary N) is 1. The molecular weight excluding hydrogens is 284 g/mol. The van der Waals surface area contributed by atoms with Gasteiger partial charge in [0.1, 0.15) is 11.0 Å². The molecule has 0 atom stereocenters. The lowest BCUT2D eigenvalue weighted by molar-refractivity contribution is 0.972. The van der Waals surface area contributed by atoms with Gasteiger partial charge in [0.25, 0.3) is 0 Å². The van der Waals surface area contributed by atoms with Crippen molar-refractivity contribution in [3.63, 3.8) is 0 Å². The van der Waals surface area contributed by atoms with Crippen LogP contribution in [0.2, 0.25) is 0 Å². The third-order valence-corrected chi connectivity index (χ3v) is 3.97. The fourth-order valence-corrected chi connectivity index (χ4v) is 2.91. The normalized spacial score (nSPS) is 11.1. The predicted octanol–water partition coefficient (Wildman–Crippen LogP) is 4.32. The Morgan fingerprint density at radius 3 is 2.09 bits per heavy atom. The van der Waals surface area contributed by atoms with Gasteiger partial charge in [-0.25, -0.2) is 4.98 Å². The minimum atomic E-state index is 0.555. The van der Waals surface area contributed by atoms with Gasteiger partial charge in [-0.05, 0) is 17.2 Å². The van der Waals surface area contributed by atoms with Gasteiger partial charge in [0, 0.05) is 17.3 Å². The summed E-state index contributed by atoms with van der Waals surface area (Å²) in [7, 11) is 0. The quantitative estimate of drug-likeness (QED) is 0.346. The van der Waals surface area contributed by atoms with Crippen molar-refractivity contribution in [2.24, 2.45) is 0 Å². The van der Waals surface area contributed by atoms with Gasteiger partial charge in [-0.1, -0.05) is 54.6 Å². The number of rotatable bonds is 4. The average Bonchev–Trinajstić information content (AvgIpc) is 2.62. The Labute approximate surface area is 133 Å². The summed E-state index contributed by atoms with van der Waals surface area (Å²) in [5.74, 6) is 0.555. The SMILES string of the molecule is C=CCCNc1nnc2c3ccccc3c3ccccc3c2n1. The van der Waals surface area contributed by atoms with Crippen LogP contribution in [0.5, 0.6) is 0 Å². The van der Waals surface area contributed by atoms with Crippen LogP contribution in [0.3, 0.4) is 0 Å². The first-order valence-electron chi connectivity index (χ1n) is 7.67. The molecule has 4 rings (SSSR count). The Morgan fingerprint density at radius 1 is 0.826 bits per heavy atom. The first-order valence-corrected chi connectivity index (χ1v) is 7.67. The second kappa shape index (κ2) is 5.65. The van der Waals surface area contributed by atoms with E-state index < -0.39 is 0 Å². The number of fused-ring (bicyclic) bond motifs is 6. The molecule has 0 aliphatic rings. The molecule has 0 spiro atoms. The molecule has 23 heavy (non-hydrogen) atoms. The summed E-state index contributed by atoms with van der Waals surface area (Å²) in [5, 5.41) is 16.4. The van der Waals surface area contributed by atoms with E-state index in [1.54, 1.807) is 0 Å². The Bertz CT molecular complexity index is 988. The van der Waals surface area contributed by atoms with Crippen LogP contribution in [0.4, 0.5) is 5.95 Å². The van der Waals surface area contributed by atoms with E-state index in [-0.39, 0.29) is 0 Å². The minimum absolute atomic E-state index is 0.555. The molecule has 1 N–H and O–H groups in total. The second-order valence-electron chi connectivity index (χ2n) is 5.43. The van der Waals surface area contributed by atoms with E-state index in [4.69, 9.17) is 4.98 Å². The zero-order valence-electron chi connectivity index (χ0n) is 12.7. The van der Waals surface area contributed by atoms with Gasteiger partial charge in [0.15, 0.2) is 0 Å². The maximum Gasteiger partial charge on any atom is 0.243 e. The van der Waals surface area contributed by atoms with Crippen molar-refractivity contribution in [1.82, 2.24) is 15.2 Å². The van der Waals surface area contributed by atoms with Gasteiger partial charge in [0.05, 0.1) is 0 Å². The highest BCUT2D eigenvalue weighted by molar-refractivity contribution is 6.22. The zero-order chi connectivity index (χ0) is 15.6. The zero-order valence-corrected chi connectivity index (χ0v) is 12.7. The summed E-state index contributed by atoms with van der Waals surface area (Å²) >= 11 is 0. The van der Waals surface area contributed by atoms with Crippen molar-refractivity contribution in [3.05, 3.63) is 61.2 Å². The molecule has 112 valence electrons. The Morgan fingerprint density at radius 2 is 1.43 bits per heavy atom. The number of hydrogen-bond donors (Lipinski definition) is 1. The lowest BCUT2D eigenvalue weighted by Crippen LogP contribution is -2.06. The molecule has 4 aromatic rings. The van der Waals surface area contributed by atoms with E-state index in [1.807, 2.05) is 24.3 Å². The van der Waals surface area contributed by atoms with Crippen molar-refractivity contribution in [1.29, 1.82) is 0 Å². The summed E-state index contributed by atoms with van der Waals surface area (Å²) in [6.07, 6.45) is 2.73. The minimum Gasteiger partial charge on any atom is -0.353 e. The van der Waals surface area contributed by atoms with E-state index in [2.05, 4.69) is 52.4 Å². The van der Waals surface area contributed by atoms with Crippen LogP contribution < -0.4 is 5.32 Å². The molecule has 4 heteroatoms. The summed E-state index contributed by atoms with van der Waals surface area (Å²) in [6.45, 7) is 4.47. The monoisotopic (exact) mass is 300 g/mol. The molecule has 3 aromatic carbocycles. The third-order valence-electron chi connectivity index (χ3n) is 3.97. The number of benzene rings is 3. The van der Waals surface area contributed by atoms with Crippen LogP contribution in [0.25, 0.3) is 32.6 Å². The van der Waals surface area contributed by atoms with Crippen LogP contribution in [-0.2, 0) is 0 Å². The van der Waals surface area contributed by atoms with Gasteiger partial charge in [-0.15, -0.1) is 16.8 Å². The molecule has 0 unspecified atom stereocenters. The maximum absolute atomic E-state index is 4.71. The Hall–Kier alpha value is -3.01. The Balaban J connectivity index is 2.02. The van der Waals surface area contributed by atoms with Crippen molar-refractivity contribution in [2.75, 3.05) is 11.9 Å². The Kier molecular flexibility index (Phi) is 3.35. The third kappa shape index (κ3) is 2.28. The van der Waals surface area contributed by atoms with Crippen LogP contribution in [0.1, 0.15) is 6.42 Å². The first-order chi connectivity index (χ1) is 11.4. The van der Waals surface area contributed by atoms with Crippen molar-refractivity contribution < 1.29 is 0 Å². The van der Waals surface area contributed by atoms with E-state index in [0.717, 1.165) is 34.8 Å². The highest BCUT2D eigenvalue weighted by Gasteiger charge is 2.11. The molecule has 0 saturated carbocycles. The number of anilines is 1. The van der Waals surface area contributed by atoms with Gasteiger partial charge in [-0.2, -0.15) is 0 Å². The molecular formula is C19H16N4. The van der Waals surface area contributed by atoms with Gasteiger partial charge in [-0.3, -0.25) is 0 Å². The van der Waals surface area contributed by atoms with Gasteiger partial charge >= 0.3 is 0 Å². The molecule has 1 heterocycles. The molecule has 0 fully saturated rings. The lowest BCUT2D eigenvalue weighted by Gasteiger charge is -2.09. The van der Waals surface area contributed by atoms with E-state index in [9.17, 15) is 0 Å². The predicted molar refractivity (Wildman–Crippen MR) is 95.6 cm³/mol. The van der Waals surface area contributed by atoms with Crippen molar-refractivity contribution in [2.45, 2.75) is 6.42 Å². The smallest absolute Gasteiger partial charge is 0.243 e. The van der Waals surface area contributed by atoms with Crippen LogP contribution in [0, 0.1) is 0 Å². The average molecular weight is 300 g/mol. The summed E-state index contributed by atoms with van der Waals surface area (Å²) in [4.78, 5) is 4.71. The fraction of sp³-hybridized carbons (Fsp3) is 0.105. The standard InChI is InChI=1S/C19H16N4/c1-2-3-12-20-19-21-17-15-10-6-4-8-13(15)14-9-5-7-11-16(14)18(17)22-23-19/h2,4-11H,1,3,12H2,(H,20,21,23). The maximum atomic E-state index is 4.71. The highest BCUT2D eigenvalue weighted by atomic mass is 15.2. The van der Waals surface area contributed by atoms with E-state index >= 15 is 0 Å². The molecule has 0 bridgehead atoms. The lowest BCUT2D eigenvalue weighted by atomic mass is 10.00. The molecule has 0 amide bonds. The highest BCUT2D eigenvalue weighted by Crippen LogP contribution is 2.32. The molecule has 1 aromatic heterocycles. The first kappa shape index (κ1) is 13.6. The molecule has 0 radical (unpaired) electrons. The second-order valence-corrected chi connectivity index (χ2v) is 5.43. The van der Waals surface area contributed by atoms with Gasteiger partial charge in [0.2, 0.25) is 5.95 Å². The van der Waals surface area contributed by atoms with Crippen molar-refractivity contribution in [3.8, 4) is 0 Å². The van der Waals surface area contributed by atoms with Crippen LogP contribution >= 0.6 is 0 Å². The van der Waals surface area contributed by atoms with Crippen LogP contribution in [0.15, 0.2) is 61.2 Å². The fourth-order valence-electron chi connectivity index (χ4n) is 2.91. The number of nitrogens with zero attached hydrogens (tertiary/aromatic N) is 3. The molecule has 4 nitrogen and oxygen atoms in total. The summed E-state index contributed by atoms with van der Waals surface area (Å²) in [5.41, 5.74) is 1.73. The van der Waals surface area contributed by atoms with E-state index in [1.165, 1.54) is 10.8 Å². The topological polar surface area (TPSA) is 50.7 Å². The largest absolute Gasteiger partial charge is 0.353 e. The molecule has 0 aliphatic heterocycles. The number of aromatic nitrogens is 3. The molecule has 0 aliphatic carbocycles. The van der Waals surface area contributed by atoms with Crippen molar-refractivity contribution >= 4 is 38.5 Å².